The molecule has 4 heteroatoms. The molecular formula is C10H11NO3. The molecule has 0 spiro atoms. The molecule has 2 rings (SSSR count). The van der Waals surface area contributed by atoms with E-state index < -0.39 is 11.4 Å². The molecule has 0 saturated carbocycles. The molecule has 1 aromatic heterocycles. The molecule has 0 amide bonds. The summed E-state index contributed by atoms with van der Waals surface area (Å²) in [5, 5.41) is 8.79. The van der Waals surface area contributed by atoms with Crippen molar-refractivity contribution in [1.29, 1.82) is 0 Å². The van der Waals surface area contributed by atoms with Crippen LogP contribution in [-0.4, -0.2) is 29.3 Å². The maximum Gasteiger partial charge on any atom is 0.304 e. The molecule has 0 aromatic carbocycles. The van der Waals surface area contributed by atoms with Crippen LogP contribution in [0.3, 0.4) is 0 Å². The first kappa shape index (κ1) is 9.15. The predicted molar refractivity (Wildman–Crippen MR) is 49.0 cm³/mol. The Morgan fingerprint density at radius 1 is 1.57 bits per heavy atom. The van der Waals surface area contributed by atoms with Crippen molar-refractivity contribution in [1.82, 2.24) is 4.98 Å². The minimum atomic E-state index is -0.807. The van der Waals surface area contributed by atoms with Crippen molar-refractivity contribution in [2.75, 3.05) is 13.2 Å². The summed E-state index contributed by atoms with van der Waals surface area (Å²) >= 11 is 0. The minimum absolute atomic E-state index is 0.0873. The number of hydrogen-bond donors (Lipinski definition) is 1. The van der Waals surface area contributed by atoms with E-state index >= 15 is 0 Å². The zero-order valence-electron chi connectivity index (χ0n) is 7.64. The van der Waals surface area contributed by atoms with Crippen molar-refractivity contribution in [2.24, 2.45) is 0 Å². The Kier molecular flexibility index (Phi) is 2.21. The molecule has 2 heterocycles. The largest absolute Gasteiger partial charge is 0.481 e. The zero-order chi connectivity index (χ0) is 10.0. The van der Waals surface area contributed by atoms with E-state index in [1.54, 1.807) is 6.20 Å². The van der Waals surface area contributed by atoms with E-state index in [1.807, 2.05) is 18.2 Å². The van der Waals surface area contributed by atoms with Gasteiger partial charge < -0.3 is 9.84 Å². The van der Waals surface area contributed by atoms with Gasteiger partial charge in [0.2, 0.25) is 0 Å². The van der Waals surface area contributed by atoms with Crippen molar-refractivity contribution < 1.29 is 14.6 Å². The molecule has 14 heavy (non-hydrogen) atoms. The van der Waals surface area contributed by atoms with Gasteiger partial charge in [-0.1, -0.05) is 6.07 Å². The van der Waals surface area contributed by atoms with E-state index in [4.69, 9.17) is 9.84 Å². The number of carboxylic acid groups (broad SMARTS) is 1. The van der Waals surface area contributed by atoms with Crippen LogP contribution in [0.25, 0.3) is 0 Å². The van der Waals surface area contributed by atoms with Gasteiger partial charge in [0.15, 0.2) is 0 Å². The summed E-state index contributed by atoms with van der Waals surface area (Å²) in [6.07, 6.45) is 1.77. The van der Waals surface area contributed by atoms with Gasteiger partial charge in [-0.05, 0) is 12.1 Å². The molecule has 1 aliphatic rings. The number of aromatic nitrogens is 1. The summed E-state index contributed by atoms with van der Waals surface area (Å²) in [7, 11) is 0. The molecule has 1 aromatic rings. The summed E-state index contributed by atoms with van der Waals surface area (Å²) in [5.41, 5.74) is 0.418. The molecule has 0 bridgehead atoms. The highest BCUT2D eigenvalue weighted by Crippen LogP contribution is 2.34. The highest BCUT2D eigenvalue weighted by atomic mass is 16.5. The van der Waals surface area contributed by atoms with E-state index in [2.05, 4.69) is 4.98 Å². The summed E-state index contributed by atoms with van der Waals surface area (Å²) in [6.45, 7) is 0.909. The van der Waals surface area contributed by atoms with Gasteiger partial charge in [-0.3, -0.25) is 9.78 Å². The predicted octanol–water partition coefficient (Wildman–Crippen LogP) is 0.824. The van der Waals surface area contributed by atoms with Crippen LogP contribution in [0, 0.1) is 0 Å². The highest BCUT2D eigenvalue weighted by Gasteiger charge is 2.43. The van der Waals surface area contributed by atoms with E-state index in [-0.39, 0.29) is 6.42 Å². The highest BCUT2D eigenvalue weighted by molar-refractivity contribution is 5.69. The van der Waals surface area contributed by atoms with Gasteiger partial charge in [0.05, 0.1) is 30.7 Å². The number of hydrogen-bond acceptors (Lipinski definition) is 3. The summed E-state index contributed by atoms with van der Waals surface area (Å²) in [5.74, 6) is -0.807. The van der Waals surface area contributed by atoms with Gasteiger partial charge in [0, 0.05) is 6.20 Å². The van der Waals surface area contributed by atoms with Crippen molar-refractivity contribution in [2.45, 2.75) is 11.8 Å². The van der Waals surface area contributed by atoms with Crippen LogP contribution in [0.15, 0.2) is 24.4 Å². The standard InChI is InChI=1S/C10H11NO3/c12-9(13)5-10(6-14-7-10)8-3-1-2-4-11-8/h1-4H,5-7H2,(H,12,13). The first-order chi connectivity index (χ1) is 6.73. The summed E-state index contributed by atoms with van der Waals surface area (Å²) in [6, 6.07) is 5.53. The quantitative estimate of drug-likeness (QED) is 0.772. The lowest BCUT2D eigenvalue weighted by Crippen LogP contribution is -2.48. The van der Waals surface area contributed by atoms with Gasteiger partial charge in [-0.2, -0.15) is 0 Å². The molecule has 1 fully saturated rings. The molecule has 0 atom stereocenters. The Morgan fingerprint density at radius 2 is 2.36 bits per heavy atom. The SMILES string of the molecule is O=C(O)CC1(c2ccccn2)COC1. The van der Waals surface area contributed by atoms with Crippen molar-refractivity contribution in [3.8, 4) is 0 Å². The van der Waals surface area contributed by atoms with Gasteiger partial charge in [-0.25, -0.2) is 0 Å². The van der Waals surface area contributed by atoms with E-state index in [0.717, 1.165) is 5.69 Å². The first-order valence-corrected chi connectivity index (χ1v) is 4.44. The Balaban J connectivity index is 2.25. The fourth-order valence-corrected chi connectivity index (χ4v) is 1.65. The second-order valence-electron chi connectivity index (χ2n) is 3.56. The maximum atomic E-state index is 10.7. The Labute approximate surface area is 81.5 Å². The fraction of sp³-hybridized carbons (Fsp3) is 0.400. The number of aliphatic carboxylic acids is 1. The van der Waals surface area contributed by atoms with E-state index in [1.165, 1.54) is 0 Å². The van der Waals surface area contributed by atoms with Gasteiger partial charge in [0.1, 0.15) is 0 Å². The molecular weight excluding hydrogens is 182 g/mol. The van der Waals surface area contributed by atoms with Crippen molar-refractivity contribution >= 4 is 5.97 Å². The Bertz CT molecular complexity index is 332. The molecule has 4 nitrogen and oxygen atoms in total. The Morgan fingerprint density at radius 3 is 2.79 bits per heavy atom. The molecule has 1 saturated heterocycles. The number of carboxylic acids is 1. The average Bonchev–Trinajstić information content (AvgIpc) is 2.12. The minimum Gasteiger partial charge on any atom is -0.481 e. The van der Waals surface area contributed by atoms with Crippen LogP contribution in [0.5, 0.6) is 0 Å². The number of pyridine rings is 1. The second kappa shape index (κ2) is 3.38. The third kappa shape index (κ3) is 1.48. The first-order valence-electron chi connectivity index (χ1n) is 4.44. The summed E-state index contributed by atoms with van der Waals surface area (Å²) in [4.78, 5) is 14.9. The van der Waals surface area contributed by atoms with Crippen LogP contribution in [0.4, 0.5) is 0 Å². The second-order valence-corrected chi connectivity index (χ2v) is 3.56. The average molecular weight is 193 g/mol. The van der Waals surface area contributed by atoms with Crippen LogP contribution >= 0.6 is 0 Å². The lowest BCUT2D eigenvalue weighted by atomic mass is 9.79. The van der Waals surface area contributed by atoms with Crippen LogP contribution in [-0.2, 0) is 14.9 Å². The monoisotopic (exact) mass is 193 g/mol. The number of nitrogens with zero attached hydrogens (tertiary/aromatic N) is 1. The number of rotatable bonds is 3. The normalized spacial score (nSPS) is 18.6. The van der Waals surface area contributed by atoms with Gasteiger partial charge >= 0.3 is 5.97 Å². The van der Waals surface area contributed by atoms with Crippen molar-refractivity contribution in [3.63, 3.8) is 0 Å². The fourth-order valence-electron chi connectivity index (χ4n) is 1.65. The molecule has 1 N–H and O–H groups in total. The number of carbonyl (C=O) groups is 1. The topological polar surface area (TPSA) is 59.4 Å². The Hall–Kier alpha value is -1.42. The molecule has 0 radical (unpaired) electrons. The van der Waals surface area contributed by atoms with Crippen LogP contribution in [0.1, 0.15) is 12.1 Å². The third-order valence-corrected chi connectivity index (χ3v) is 2.45. The molecule has 1 aliphatic heterocycles. The maximum absolute atomic E-state index is 10.7. The van der Waals surface area contributed by atoms with Gasteiger partial charge in [0.25, 0.3) is 0 Å². The number of ether oxygens (including phenoxy) is 1. The van der Waals surface area contributed by atoms with Gasteiger partial charge in [-0.15, -0.1) is 0 Å². The zero-order valence-corrected chi connectivity index (χ0v) is 7.64. The summed E-state index contributed by atoms with van der Waals surface area (Å²) < 4.78 is 5.09. The van der Waals surface area contributed by atoms with Crippen LogP contribution in [0.2, 0.25) is 0 Å². The lowest BCUT2D eigenvalue weighted by Gasteiger charge is -2.39. The van der Waals surface area contributed by atoms with E-state index in [0.29, 0.717) is 13.2 Å². The molecule has 0 aliphatic carbocycles. The third-order valence-electron chi connectivity index (χ3n) is 2.45. The van der Waals surface area contributed by atoms with Crippen molar-refractivity contribution in [3.05, 3.63) is 30.1 Å². The smallest absolute Gasteiger partial charge is 0.304 e. The van der Waals surface area contributed by atoms with Crippen LogP contribution < -0.4 is 0 Å². The molecule has 0 unspecified atom stereocenters. The molecule has 74 valence electrons. The lowest BCUT2D eigenvalue weighted by molar-refractivity contribution is -0.145. The van der Waals surface area contributed by atoms with E-state index in [9.17, 15) is 4.79 Å².